The lowest BCUT2D eigenvalue weighted by Crippen LogP contribution is -2.20. The van der Waals surface area contributed by atoms with E-state index in [0.29, 0.717) is 11.3 Å². The minimum absolute atomic E-state index is 0.0754. The van der Waals surface area contributed by atoms with Crippen molar-refractivity contribution in [3.05, 3.63) is 42.0 Å². The Morgan fingerprint density at radius 1 is 1.11 bits per heavy atom. The lowest BCUT2D eigenvalue weighted by molar-refractivity contribution is 0.117. The second-order valence-electron chi connectivity index (χ2n) is 4.08. The largest absolute Gasteiger partial charge is 0.496 e. The minimum atomic E-state index is -2.47. The van der Waals surface area contributed by atoms with Gasteiger partial charge in [-0.3, -0.25) is 0 Å². The lowest BCUT2D eigenvalue weighted by atomic mass is 9.93. The van der Waals surface area contributed by atoms with Crippen molar-refractivity contribution in [1.29, 1.82) is 0 Å². The first-order chi connectivity index (χ1) is 8.69. The summed E-state index contributed by atoms with van der Waals surface area (Å²) in [5, 5.41) is 1.60. The van der Waals surface area contributed by atoms with Crippen molar-refractivity contribution in [3.63, 3.8) is 0 Å². The molecule has 0 radical (unpaired) electrons. The van der Waals surface area contributed by atoms with E-state index in [9.17, 15) is 8.78 Å². The number of benzene rings is 2. The predicted molar refractivity (Wildman–Crippen MR) is 68.3 cm³/mol. The fourth-order valence-corrected chi connectivity index (χ4v) is 2.16. The SMILES string of the molecule is COc1ccc(C(CN)C(F)F)c2ccccc12. The molecule has 2 N–H and O–H groups in total. The van der Waals surface area contributed by atoms with Gasteiger partial charge in [-0.1, -0.05) is 30.3 Å². The van der Waals surface area contributed by atoms with Crippen LogP contribution in [-0.4, -0.2) is 20.1 Å². The molecule has 0 aromatic heterocycles. The maximum Gasteiger partial charge on any atom is 0.246 e. The van der Waals surface area contributed by atoms with Crippen LogP contribution in [-0.2, 0) is 0 Å². The first-order valence-corrected chi connectivity index (χ1v) is 5.73. The second kappa shape index (κ2) is 5.31. The van der Waals surface area contributed by atoms with Crippen LogP contribution in [0.15, 0.2) is 36.4 Å². The zero-order valence-electron chi connectivity index (χ0n) is 10.1. The highest BCUT2D eigenvalue weighted by Gasteiger charge is 2.23. The van der Waals surface area contributed by atoms with Crippen LogP contribution in [0.5, 0.6) is 5.75 Å². The van der Waals surface area contributed by atoms with Gasteiger partial charge in [-0.25, -0.2) is 8.78 Å². The molecule has 2 aromatic carbocycles. The fourth-order valence-electron chi connectivity index (χ4n) is 2.16. The first kappa shape index (κ1) is 12.8. The summed E-state index contributed by atoms with van der Waals surface area (Å²) in [7, 11) is 1.56. The Bertz CT molecular complexity index is 542. The molecule has 0 saturated carbocycles. The molecule has 0 bridgehead atoms. The van der Waals surface area contributed by atoms with Crippen LogP contribution in [0.3, 0.4) is 0 Å². The normalized spacial score (nSPS) is 12.9. The molecule has 96 valence electrons. The Balaban J connectivity index is 2.65. The first-order valence-electron chi connectivity index (χ1n) is 5.73. The third-order valence-corrected chi connectivity index (χ3v) is 3.10. The molecule has 18 heavy (non-hydrogen) atoms. The van der Waals surface area contributed by atoms with Crippen molar-refractivity contribution in [1.82, 2.24) is 0 Å². The third-order valence-electron chi connectivity index (χ3n) is 3.10. The number of ether oxygens (including phenoxy) is 1. The molecule has 2 rings (SSSR count). The monoisotopic (exact) mass is 251 g/mol. The highest BCUT2D eigenvalue weighted by atomic mass is 19.3. The molecule has 0 fully saturated rings. The molecule has 0 aliphatic rings. The van der Waals surface area contributed by atoms with Crippen LogP contribution in [0, 0.1) is 0 Å². The van der Waals surface area contributed by atoms with Crippen LogP contribution in [0.1, 0.15) is 11.5 Å². The zero-order valence-corrected chi connectivity index (χ0v) is 10.1. The average Bonchev–Trinajstić information content (AvgIpc) is 2.39. The van der Waals surface area contributed by atoms with Crippen molar-refractivity contribution >= 4 is 10.8 Å². The molecule has 0 heterocycles. The molecular formula is C14H15F2NO. The van der Waals surface area contributed by atoms with Crippen molar-refractivity contribution < 1.29 is 13.5 Å². The van der Waals surface area contributed by atoms with E-state index in [4.69, 9.17) is 10.5 Å². The summed E-state index contributed by atoms with van der Waals surface area (Å²) in [6.45, 7) is -0.0754. The van der Waals surface area contributed by atoms with E-state index in [1.807, 2.05) is 24.3 Å². The zero-order chi connectivity index (χ0) is 13.1. The van der Waals surface area contributed by atoms with Crippen molar-refractivity contribution in [2.45, 2.75) is 12.3 Å². The summed E-state index contributed by atoms with van der Waals surface area (Å²) >= 11 is 0. The van der Waals surface area contributed by atoms with Gasteiger partial charge in [0.15, 0.2) is 0 Å². The van der Waals surface area contributed by atoms with E-state index in [0.717, 1.165) is 10.8 Å². The van der Waals surface area contributed by atoms with Crippen molar-refractivity contribution in [2.75, 3.05) is 13.7 Å². The van der Waals surface area contributed by atoms with E-state index in [1.165, 1.54) is 0 Å². The molecule has 0 amide bonds. The topological polar surface area (TPSA) is 35.2 Å². The van der Waals surface area contributed by atoms with Crippen LogP contribution < -0.4 is 10.5 Å². The number of rotatable bonds is 4. The van der Waals surface area contributed by atoms with E-state index < -0.39 is 12.3 Å². The maximum atomic E-state index is 13.0. The van der Waals surface area contributed by atoms with Gasteiger partial charge < -0.3 is 10.5 Å². The van der Waals surface area contributed by atoms with Crippen LogP contribution >= 0.6 is 0 Å². The van der Waals surface area contributed by atoms with E-state index in [-0.39, 0.29) is 6.54 Å². The number of nitrogens with two attached hydrogens (primary N) is 1. The van der Waals surface area contributed by atoms with E-state index in [1.54, 1.807) is 19.2 Å². The number of alkyl halides is 2. The van der Waals surface area contributed by atoms with E-state index >= 15 is 0 Å². The maximum absolute atomic E-state index is 13.0. The van der Waals surface area contributed by atoms with Gasteiger partial charge in [0.1, 0.15) is 5.75 Å². The molecule has 1 atom stereocenters. The average molecular weight is 251 g/mol. The van der Waals surface area contributed by atoms with Gasteiger partial charge in [-0.05, 0) is 17.0 Å². The molecule has 4 heteroatoms. The fraction of sp³-hybridized carbons (Fsp3) is 0.286. The summed E-state index contributed by atoms with van der Waals surface area (Å²) in [6, 6.07) is 10.7. The Morgan fingerprint density at radius 3 is 2.33 bits per heavy atom. The van der Waals surface area contributed by atoms with Gasteiger partial charge in [0, 0.05) is 11.9 Å². The Kier molecular flexibility index (Phi) is 3.77. The second-order valence-corrected chi connectivity index (χ2v) is 4.08. The quantitative estimate of drug-likeness (QED) is 0.906. The number of fused-ring (bicyclic) bond motifs is 1. The Morgan fingerprint density at radius 2 is 1.78 bits per heavy atom. The third kappa shape index (κ3) is 2.16. The molecular weight excluding hydrogens is 236 g/mol. The molecule has 1 unspecified atom stereocenters. The lowest BCUT2D eigenvalue weighted by Gasteiger charge is -2.17. The summed E-state index contributed by atoms with van der Waals surface area (Å²) in [6.07, 6.45) is -2.47. The number of methoxy groups -OCH3 is 1. The summed E-state index contributed by atoms with van der Waals surface area (Å²) in [5.74, 6) is -0.264. The molecule has 2 nitrogen and oxygen atoms in total. The Labute approximate surface area is 104 Å². The number of hydrogen-bond donors (Lipinski definition) is 1. The van der Waals surface area contributed by atoms with Gasteiger partial charge in [0.2, 0.25) is 6.43 Å². The number of hydrogen-bond acceptors (Lipinski definition) is 2. The smallest absolute Gasteiger partial charge is 0.246 e. The van der Waals surface area contributed by atoms with Gasteiger partial charge in [-0.2, -0.15) is 0 Å². The molecule has 0 spiro atoms. The number of halogens is 2. The van der Waals surface area contributed by atoms with Gasteiger partial charge in [-0.15, -0.1) is 0 Å². The van der Waals surface area contributed by atoms with Gasteiger partial charge in [0.05, 0.1) is 13.0 Å². The highest BCUT2D eigenvalue weighted by Crippen LogP contribution is 2.34. The predicted octanol–water partition coefficient (Wildman–Crippen LogP) is 3.16. The minimum Gasteiger partial charge on any atom is -0.496 e. The van der Waals surface area contributed by atoms with E-state index in [2.05, 4.69) is 0 Å². The Hall–Kier alpha value is -1.68. The molecule has 2 aromatic rings. The molecule has 0 aliphatic carbocycles. The van der Waals surface area contributed by atoms with Crippen LogP contribution in [0.25, 0.3) is 10.8 Å². The van der Waals surface area contributed by atoms with Crippen LogP contribution in [0.4, 0.5) is 8.78 Å². The van der Waals surface area contributed by atoms with Crippen LogP contribution in [0.2, 0.25) is 0 Å². The molecule has 0 saturated heterocycles. The molecule has 0 aliphatic heterocycles. The highest BCUT2D eigenvalue weighted by molar-refractivity contribution is 5.91. The standard InChI is InChI=1S/C14H15F2NO/c1-18-13-7-6-10(12(8-17)14(15)16)9-4-2-3-5-11(9)13/h2-7,12,14H,8,17H2,1H3. The van der Waals surface area contributed by atoms with Crippen molar-refractivity contribution in [3.8, 4) is 5.75 Å². The van der Waals surface area contributed by atoms with Gasteiger partial charge in [0.25, 0.3) is 0 Å². The summed E-state index contributed by atoms with van der Waals surface area (Å²) < 4.78 is 31.2. The van der Waals surface area contributed by atoms with Gasteiger partial charge >= 0.3 is 0 Å². The summed E-state index contributed by atoms with van der Waals surface area (Å²) in [4.78, 5) is 0. The summed E-state index contributed by atoms with van der Waals surface area (Å²) in [5.41, 5.74) is 6.03. The van der Waals surface area contributed by atoms with Crippen molar-refractivity contribution in [2.24, 2.45) is 5.73 Å².